The molecule has 1 aliphatic heterocycles. The zero-order valence-electron chi connectivity index (χ0n) is 9.76. The molecule has 2 atom stereocenters. The van der Waals surface area contributed by atoms with Crippen molar-refractivity contribution in [3.05, 3.63) is 29.8 Å². The summed E-state index contributed by atoms with van der Waals surface area (Å²) in [5.74, 6) is 2.26. The van der Waals surface area contributed by atoms with Gasteiger partial charge in [0.05, 0.1) is 19.1 Å². The third-order valence-corrected chi connectivity index (χ3v) is 4.13. The number of hydrogen-bond donors (Lipinski definition) is 1. The number of methoxy groups -OCH3 is 1. The van der Waals surface area contributed by atoms with Gasteiger partial charge < -0.3 is 9.84 Å². The fourth-order valence-corrected chi connectivity index (χ4v) is 3.10. The molecule has 1 N–H and O–H groups in total. The van der Waals surface area contributed by atoms with Crippen LogP contribution in [0, 0.1) is 5.92 Å². The summed E-state index contributed by atoms with van der Waals surface area (Å²) in [4.78, 5) is 11.7. The van der Waals surface area contributed by atoms with Crippen LogP contribution in [0.25, 0.3) is 0 Å². The van der Waals surface area contributed by atoms with E-state index in [0.29, 0.717) is 12.2 Å². The number of benzene rings is 1. The normalized spacial score (nSPS) is 22.2. The third kappa shape index (κ3) is 2.82. The van der Waals surface area contributed by atoms with Crippen LogP contribution in [0.3, 0.4) is 0 Å². The van der Waals surface area contributed by atoms with Crippen molar-refractivity contribution in [2.75, 3.05) is 18.6 Å². The molecule has 1 heterocycles. The minimum absolute atomic E-state index is 0.173. The van der Waals surface area contributed by atoms with Crippen LogP contribution in [0.15, 0.2) is 24.3 Å². The Kier molecular flexibility index (Phi) is 4.07. The molecule has 0 amide bonds. The number of aliphatic hydroxyl groups is 1. The first-order valence-electron chi connectivity index (χ1n) is 5.65. The van der Waals surface area contributed by atoms with Crippen molar-refractivity contribution in [2.45, 2.75) is 12.5 Å². The minimum atomic E-state index is -0.693. The number of thioether (sulfide) groups is 1. The number of ketones is 1. The molecule has 2 rings (SSSR count). The maximum atomic E-state index is 11.7. The van der Waals surface area contributed by atoms with Crippen LogP contribution >= 0.6 is 11.8 Å². The summed E-state index contributed by atoms with van der Waals surface area (Å²) in [7, 11) is 1.60. The van der Waals surface area contributed by atoms with E-state index in [-0.39, 0.29) is 11.7 Å². The predicted molar refractivity (Wildman–Crippen MR) is 68.4 cm³/mol. The van der Waals surface area contributed by atoms with Crippen LogP contribution in [0.4, 0.5) is 0 Å². The van der Waals surface area contributed by atoms with Crippen molar-refractivity contribution in [2.24, 2.45) is 5.92 Å². The van der Waals surface area contributed by atoms with Gasteiger partial charge in [-0.1, -0.05) is 12.1 Å². The molecule has 0 radical (unpaired) electrons. The Morgan fingerprint density at radius 3 is 2.71 bits per heavy atom. The van der Waals surface area contributed by atoms with Gasteiger partial charge >= 0.3 is 0 Å². The largest absolute Gasteiger partial charge is 0.497 e. The minimum Gasteiger partial charge on any atom is -0.497 e. The SMILES string of the molecule is COc1ccc([C@H](O)[C@@H]2CSCCC2=O)cc1. The highest BCUT2D eigenvalue weighted by Crippen LogP contribution is 2.31. The lowest BCUT2D eigenvalue weighted by atomic mass is 9.92. The smallest absolute Gasteiger partial charge is 0.140 e. The van der Waals surface area contributed by atoms with Crippen LogP contribution in [0.1, 0.15) is 18.1 Å². The fraction of sp³-hybridized carbons (Fsp3) is 0.462. The molecule has 92 valence electrons. The molecule has 1 aromatic rings. The maximum Gasteiger partial charge on any atom is 0.140 e. The van der Waals surface area contributed by atoms with Gasteiger partial charge in [0.2, 0.25) is 0 Å². The molecule has 0 saturated carbocycles. The summed E-state index contributed by atoms with van der Waals surface area (Å²) in [6.07, 6.45) is -0.121. The molecule has 1 fully saturated rings. The highest BCUT2D eigenvalue weighted by molar-refractivity contribution is 7.99. The molecule has 0 unspecified atom stereocenters. The number of carbonyl (C=O) groups excluding carboxylic acids is 1. The molecular formula is C13H16O3S. The van der Waals surface area contributed by atoms with Crippen molar-refractivity contribution < 1.29 is 14.6 Å². The molecule has 0 bridgehead atoms. The van der Waals surface area contributed by atoms with Gasteiger partial charge in [-0.3, -0.25) is 4.79 Å². The molecule has 3 nitrogen and oxygen atoms in total. The Morgan fingerprint density at radius 1 is 1.41 bits per heavy atom. The van der Waals surface area contributed by atoms with Gasteiger partial charge in [0.15, 0.2) is 0 Å². The second-order valence-electron chi connectivity index (χ2n) is 4.12. The Balaban J connectivity index is 2.12. The summed E-state index contributed by atoms with van der Waals surface area (Å²) in [5, 5.41) is 10.2. The zero-order chi connectivity index (χ0) is 12.3. The summed E-state index contributed by atoms with van der Waals surface area (Å²) in [6.45, 7) is 0. The summed E-state index contributed by atoms with van der Waals surface area (Å²) in [5.41, 5.74) is 0.784. The highest BCUT2D eigenvalue weighted by Gasteiger charge is 2.30. The number of ether oxygens (including phenoxy) is 1. The zero-order valence-corrected chi connectivity index (χ0v) is 10.6. The van der Waals surface area contributed by atoms with Crippen LogP contribution < -0.4 is 4.74 Å². The second kappa shape index (κ2) is 5.56. The predicted octanol–water partition coefficient (Wildman–Crippen LogP) is 2.05. The van der Waals surface area contributed by atoms with E-state index in [9.17, 15) is 9.90 Å². The van der Waals surface area contributed by atoms with E-state index >= 15 is 0 Å². The maximum absolute atomic E-state index is 11.7. The molecule has 0 spiro atoms. The molecular weight excluding hydrogens is 236 g/mol. The molecule has 1 aromatic carbocycles. The van der Waals surface area contributed by atoms with E-state index in [1.807, 2.05) is 12.1 Å². The van der Waals surface area contributed by atoms with Crippen molar-refractivity contribution >= 4 is 17.5 Å². The van der Waals surface area contributed by atoms with Crippen molar-refractivity contribution in [3.8, 4) is 5.75 Å². The number of carbonyl (C=O) groups is 1. The second-order valence-corrected chi connectivity index (χ2v) is 5.27. The van der Waals surface area contributed by atoms with Crippen LogP contribution in [0.5, 0.6) is 5.75 Å². The van der Waals surface area contributed by atoms with Gasteiger partial charge in [-0.25, -0.2) is 0 Å². The van der Waals surface area contributed by atoms with Crippen molar-refractivity contribution in [3.63, 3.8) is 0 Å². The molecule has 4 heteroatoms. The van der Waals surface area contributed by atoms with E-state index in [4.69, 9.17) is 4.74 Å². The number of hydrogen-bond acceptors (Lipinski definition) is 4. The number of rotatable bonds is 3. The van der Waals surface area contributed by atoms with Crippen molar-refractivity contribution in [1.29, 1.82) is 0 Å². The van der Waals surface area contributed by atoms with E-state index in [1.165, 1.54) is 0 Å². The third-order valence-electron chi connectivity index (χ3n) is 3.04. The number of aliphatic hydroxyl groups excluding tert-OH is 1. The van der Waals surface area contributed by atoms with E-state index in [2.05, 4.69) is 0 Å². The van der Waals surface area contributed by atoms with Crippen LogP contribution in [0.2, 0.25) is 0 Å². The molecule has 0 aromatic heterocycles. The topological polar surface area (TPSA) is 46.5 Å². The van der Waals surface area contributed by atoms with E-state index < -0.39 is 6.10 Å². The average Bonchev–Trinajstić information content (AvgIpc) is 2.39. The summed E-state index contributed by atoms with van der Waals surface area (Å²) >= 11 is 1.73. The first kappa shape index (κ1) is 12.5. The van der Waals surface area contributed by atoms with Gasteiger partial charge in [0, 0.05) is 17.9 Å². The Morgan fingerprint density at radius 2 is 2.12 bits per heavy atom. The Bertz CT molecular complexity index is 388. The van der Waals surface area contributed by atoms with Gasteiger partial charge in [-0.05, 0) is 17.7 Å². The standard InChI is InChI=1S/C13H16O3S/c1-16-10-4-2-9(3-5-10)13(15)11-8-17-7-6-12(11)14/h2-5,11,13,15H,6-8H2,1H3/t11-,13+/m1/s1. The van der Waals surface area contributed by atoms with E-state index in [0.717, 1.165) is 17.1 Å². The van der Waals surface area contributed by atoms with Crippen molar-refractivity contribution in [1.82, 2.24) is 0 Å². The lowest BCUT2D eigenvalue weighted by molar-refractivity contribution is -0.125. The monoisotopic (exact) mass is 252 g/mol. The molecule has 17 heavy (non-hydrogen) atoms. The molecule has 1 saturated heterocycles. The average molecular weight is 252 g/mol. The molecule has 1 aliphatic rings. The van der Waals surface area contributed by atoms with Gasteiger partial charge in [0.1, 0.15) is 11.5 Å². The first-order valence-corrected chi connectivity index (χ1v) is 6.80. The van der Waals surface area contributed by atoms with Gasteiger partial charge in [-0.2, -0.15) is 11.8 Å². The molecule has 0 aliphatic carbocycles. The Labute approximate surface area is 105 Å². The van der Waals surface area contributed by atoms with Crippen LogP contribution in [-0.2, 0) is 4.79 Å². The Hall–Kier alpha value is -1.00. The van der Waals surface area contributed by atoms with Crippen LogP contribution in [-0.4, -0.2) is 29.5 Å². The highest BCUT2D eigenvalue weighted by atomic mass is 32.2. The van der Waals surface area contributed by atoms with Gasteiger partial charge in [0.25, 0.3) is 0 Å². The summed E-state index contributed by atoms with van der Waals surface area (Å²) in [6, 6.07) is 7.24. The lowest BCUT2D eigenvalue weighted by Crippen LogP contribution is -2.28. The van der Waals surface area contributed by atoms with Gasteiger partial charge in [-0.15, -0.1) is 0 Å². The quantitative estimate of drug-likeness (QED) is 0.894. The first-order chi connectivity index (χ1) is 8.22. The lowest BCUT2D eigenvalue weighted by Gasteiger charge is -2.25. The van der Waals surface area contributed by atoms with E-state index in [1.54, 1.807) is 31.0 Å². The number of Topliss-reactive ketones (excluding diaryl/α,β-unsaturated/α-hetero) is 1. The summed E-state index contributed by atoms with van der Waals surface area (Å²) < 4.78 is 5.06. The fourth-order valence-electron chi connectivity index (χ4n) is 1.96.